The summed E-state index contributed by atoms with van der Waals surface area (Å²) >= 11 is 1.76. The maximum absolute atomic E-state index is 11.6. The molecule has 0 saturated carbocycles. The predicted octanol–water partition coefficient (Wildman–Crippen LogP) is 1.75. The Morgan fingerprint density at radius 1 is 1.56 bits per heavy atom. The highest BCUT2D eigenvalue weighted by molar-refractivity contribution is 7.09. The van der Waals surface area contributed by atoms with Crippen LogP contribution in [0.2, 0.25) is 0 Å². The van der Waals surface area contributed by atoms with Gasteiger partial charge in [-0.05, 0) is 31.7 Å². The van der Waals surface area contributed by atoms with E-state index in [1.165, 1.54) is 4.88 Å². The maximum atomic E-state index is 11.6. The largest absolute Gasteiger partial charge is 0.342 e. The van der Waals surface area contributed by atoms with Crippen molar-refractivity contribution in [3.63, 3.8) is 0 Å². The zero-order valence-corrected chi connectivity index (χ0v) is 11.0. The van der Waals surface area contributed by atoms with E-state index in [0.717, 1.165) is 13.0 Å². The second-order valence-corrected chi connectivity index (χ2v) is 5.14. The van der Waals surface area contributed by atoms with Crippen molar-refractivity contribution in [1.82, 2.24) is 10.2 Å². The Balaban J connectivity index is 2.13. The molecule has 1 aromatic rings. The molecular formula is C12H20N2OS. The number of amides is 1. The second kappa shape index (κ2) is 6.66. The van der Waals surface area contributed by atoms with E-state index < -0.39 is 0 Å². The Labute approximate surface area is 101 Å². The normalized spacial score (nSPS) is 10.8. The SMILES string of the molecule is CC(C)N(C)C(=O)CNCCc1cccs1. The first kappa shape index (κ1) is 13.2. The van der Waals surface area contributed by atoms with Gasteiger partial charge in [0, 0.05) is 24.5 Å². The average Bonchev–Trinajstić information content (AvgIpc) is 2.75. The molecule has 0 bridgehead atoms. The van der Waals surface area contributed by atoms with Gasteiger partial charge in [0.1, 0.15) is 0 Å². The zero-order valence-electron chi connectivity index (χ0n) is 10.2. The number of thiophene rings is 1. The van der Waals surface area contributed by atoms with E-state index in [1.807, 2.05) is 20.9 Å². The molecule has 0 radical (unpaired) electrons. The molecule has 0 spiro atoms. The first-order chi connectivity index (χ1) is 7.61. The molecule has 0 aromatic carbocycles. The van der Waals surface area contributed by atoms with Crippen molar-refractivity contribution in [2.24, 2.45) is 0 Å². The number of carbonyl (C=O) groups is 1. The van der Waals surface area contributed by atoms with E-state index in [0.29, 0.717) is 6.54 Å². The third-order valence-corrected chi connectivity index (χ3v) is 3.51. The Morgan fingerprint density at radius 2 is 2.31 bits per heavy atom. The minimum absolute atomic E-state index is 0.154. The van der Waals surface area contributed by atoms with Crippen LogP contribution in [0, 0.1) is 0 Å². The fourth-order valence-corrected chi connectivity index (χ4v) is 1.98. The molecule has 0 aliphatic carbocycles. The van der Waals surface area contributed by atoms with Crippen molar-refractivity contribution >= 4 is 17.2 Å². The van der Waals surface area contributed by atoms with Crippen molar-refractivity contribution in [2.45, 2.75) is 26.3 Å². The van der Waals surface area contributed by atoms with Gasteiger partial charge < -0.3 is 10.2 Å². The molecule has 0 fully saturated rings. The van der Waals surface area contributed by atoms with Gasteiger partial charge in [-0.25, -0.2) is 0 Å². The van der Waals surface area contributed by atoms with Gasteiger partial charge in [0.25, 0.3) is 0 Å². The molecule has 4 heteroatoms. The van der Waals surface area contributed by atoms with Crippen LogP contribution in [0.15, 0.2) is 17.5 Å². The zero-order chi connectivity index (χ0) is 12.0. The fourth-order valence-electron chi connectivity index (χ4n) is 1.27. The molecule has 1 N–H and O–H groups in total. The number of hydrogen-bond donors (Lipinski definition) is 1. The van der Waals surface area contributed by atoms with E-state index in [9.17, 15) is 4.79 Å². The predicted molar refractivity (Wildman–Crippen MR) is 68.8 cm³/mol. The average molecular weight is 240 g/mol. The monoisotopic (exact) mass is 240 g/mol. The molecular weight excluding hydrogens is 220 g/mol. The smallest absolute Gasteiger partial charge is 0.236 e. The molecule has 1 aromatic heterocycles. The van der Waals surface area contributed by atoms with E-state index >= 15 is 0 Å². The van der Waals surface area contributed by atoms with Gasteiger partial charge in [0.2, 0.25) is 5.91 Å². The molecule has 0 aliphatic heterocycles. The lowest BCUT2D eigenvalue weighted by Crippen LogP contribution is -2.39. The molecule has 1 amide bonds. The number of likely N-dealkylation sites (N-methyl/N-ethyl adjacent to an activating group) is 1. The number of nitrogens with one attached hydrogen (secondary N) is 1. The van der Waals surface area contributed by atoms with E-state index in [4.69, 9.17) is 0 Å². The summed E-state index contributed by atoms with van der Waals surface area (Å²) in [5.41, 5.74) is 0. The lowest BCUT2D eigenvalue weighted by atomic mass is 10.3. The van der Waals surface area contributed by atoms with Gasteiger partial charge in [0.15, 0.2) is 0 Å². The molecule has 0 atom stereocenters. The third-order valence-electron chi connectivity index (χ3n) is 2.57. The van der Waals surface area contributed by atoms with Crippen LogP contribution >= 0.6 is 11.3 Å². The molecule has 1 heterocycles. The molecule has 0 saturated heterocycles. The van der Waals surface area contributed by atoms with Gasteiger partial charge in [-0.1, -0.05) is 6.07 Å². The fraction of sp³-hybridized carbons (Fsp3) is 0.583. The van der Waals surface area contributed by atoms with Crippen LogP contribution in [0.25, 0.3) is 0 Å². The number of carbonyl (C=O) groups excluding carboxylic acids is 1. The second-order valence-electron chi connectivity index (χ2n) is 4.10. The van der Waals surface area contributed by atoms with Crippen molar-refractivity contribution in [1.29, 1.82) is 0 Å². The molecule has 90 valence electrons. The Hall–Kier alpha value is -0.870. The van der Waals surface area contributed by atoms with Crippen molar-refractivity contribution in [3.05, 3.63) is 22.4 Å². The van der Waals surface area contributed by atoms with E-state index in [1.54, 1.807) is 16.2 Å². The van der Waals surface area contributed by atoms with Crippen LogP contribution in [0.3, 0.4) is 0 Å². The highest BCUT2D eigenvalue weighted by atomic mass is 32.1. The maximum Gasteiger partial charge on any atom is 0.236 e. The first-order valence-electron chi connectivity index (χ1n) is 5.60. The number of rotatable bonds is 6. The van der Waals surface area contributed by atoms with Crippen molar-refractivity contribution in [2.75, 3.05) is 20.1 Å². The highest BCUT2D eigenvalue weighted by Gasteiger charge is 2.10. The molecule has 1 rings (SSSR count). The highest BCUT2D eigenvalue weighted by Crippen LogP contribution is 2.07. The lowest BCUT2D eigenvalue weighted by Gasteiger charge is -2.21. The summed E-state index contributed by atoms with van der Waals surface area (Å²) in [7, 11) is 1.84. The number of nitrogens with zero attached hydrogens (tertiary/aromatic N) is 1. The van der Waals surface area contributed by atoms with Crippen LogP contribution in [-0.4, -0.2) is 37.0 Å². The van der Waals surface area contributed by atoms with Gasteiger partial charge in [-0.15, -0.1) is 11.3 Å². The Bertz CT molecular complexity index is 309. The molecule has 3 nitrogen and oxygen atoms in total. The number of hydrogen-bond acceptors (Lipinski definition) is 3. The van der Waals surface area contributed by atoms with E-state index in [-0.39, 0.29) is 11.9 Å². The van der Waals surface area contributed by atoms with Crippen molar-refractivity contribution < 1.29 is 4.79 Å². The van der Waals surface area contributed by atoms with Crippen LogP contribution in [-0.2, 0) is 11.2 Å². The van der Waals surface area contributed by atoms with Gasteiger partial charge in [-0.3, -0.25) is 4.79 Å². The van der Waals surface area contributed by atoms with E-state index in [2.05, 4.69) is 22.8 Å². The lowest BCUT2D eigenvalue weighted by molar-refractivity contribution is -0.130. The Morgan fingerprint density at radius 3 is 2.88 bits per heavy atom. The molecule has 0 aliphatic rings. The van der Waals surface area contributed by atoms with Crippen LogP contribution in [0.4, 0.5) is 0 Å². The molecule has 0 unspecified atom stereocenters. The minimum atomic E-state index is 0.154. The Kier molecular flexibility index (Phi) is 5.49. The van der Waals surface area contributed by atoms with Crippen LogP contribution in [0.5, 0.6) is 0 Å². The summed E-state index contributed by atoms with van der Waals surface area (Å²) in [6.45, 7) is 5.32. The van der Waals surface area contributed by atoms with Crippen molar-refractivity contribution in [3.8, 4) is 0 Å². The summed E-state index contributed by atoms with van der Waals surface area (Å²) in [5, 5.41) is 5.25. The summed E-state index contributed by atoms with van der Waals surface area (Å²) in [4.78, 5) is 14.7. The topological polar surface area (TPSA) is 32.3 Å². The van der Waals surface area contributed by atoms with Crippen LogP contribution in [0.1, 0.15) is 18.7 Å². The van der Waals surface area contributed by atoms with Crippen LogP contribution < -0.4 is 5.32 Å². The van der Waals surface area contributed by atoms with Gasteiger partial charge in [0.05, 0.1) is 6.54 Å². The summed E-state index contributed by atoms with van der Waals surface area (Å²) < 4.78 is 0. The quantitative estimate of drug-likeness (QED) is 0.768. The minimum Gasteiger partial charge on any atom is -0.342 e. The summed E-state index contributed by atoms with van der Waals surface area (Å²) in [5.74, 6) is 0.154. The first-order valence-corrected chi connectivity index (χ1v) is 6.48. The standard InChI is InChI=1S/C12H20N2OS/c1-10(2)14(3)12(15)9-13-7-6-11-5-4-8-16-11/h4-5,8,10,13H,6-7,9H2,1-3H3. The third kappa shape index (κ3) is 4.33. The summed E-state index contributed by atoms with van der Waals surface area (Å²) in [6, 6.07) is 4.44. The summed E-state index contributed by atoms with van der Waals surface area (Å²) in [6.07, 6.45) is 0.996. The van der Waals surface area contributed by atoms with Gasteiger partial charge >= 0.3 is 0 Å². The molecule has 16 heavy (non-hydrogen) atoms. The van der Waals surface area contributed by atoms with Gasteiger partial charge in [-0.2, -0.15) is 0 Å².